The first kappa shape index (κ1) is 12.8. The Morgan fingerprint density at radius 2 is 2.12 bits per heavy atom. The minimum absolute atomic E-state index is 0.256. The third-order valence-electron chi connectivity index (χ3n) is 2.68. The summed E-state index contributed by atoms with van der Waals surface area (Å²) in [6.45, 7) is 6.60. The highest BCUT2D eigenvalue weighted by Gasteiger charge is 2.04. The number of nitrogen functional groups attached to an aromatic ring is 1. The van der Waals surface area contributed by atoms with Crippen LogP contribution in [-0.4, -0.2) is 31.6 Å². The molecule has 1 aromatic rings. The van der Waals surface area contributed by atoms with Crippen LogP contribution in [0.25, 0.3) is 0 Å². The van der Waals surface area contributed by atoms with Crippen molar-refractivity contribution in [3.8, 4) is 0 Å². The van der Waals surface area contributed by atoms with Gasteiger partial charge in [0.1, 0.15) is 5.82 Å². The van der Waals surface area contributed by atoms with Gasteiger partial charge in [-0.25, -0.2) is 4.39 Å². The highest BCUT2D eigenvalue weighted by atomic mass is 19.1. The summed E-state index contributed by atoms with van der Waals surface area (Å²) in [7, 11) is 2.06. The van der Waals surface area contributed by atoms with E-state index in [1.54, 1.807) is 13.0 Å². The lowest BCUT2D eigenvalue weighted by molar-refractivity contribution is 0.367. The van der Waals surface area contributed by atoms with Gasteiger partial charge in [-0.2, -0.15) is 0 Å². The average molecular weight is 225 g/mol. The van der Waals surface area contributed by atoms with E-state index in [1.807, 2.05) is 0 Å². The van der Waals surface area contributed by atoms with Crippen molar-refractivity contribution in [2.75, 3.05) is 37.7 Å². The number of rotatable bonds is 5. The van der Waals surface area contributed by atoms with E-state index >= 15 is 0 Å². The van der Waals surface area contributed by atoms with Gasteiger partial charge >= 0.3 is 0 Å². The van der Waals surface area contributed by atoms with Crippen molar-refractivity contribution in [2.24, 2.45) is 0 Å². The van der Waals surface area contributed by atoms with Gasteiger partial charge in [-0.1, -0.05) is 6.92 Å². The Kier molecular flexibility index (Phi) is 4.55. The van der Waals surface area contributed by atoms with Crippen LogP contribution in [0.4, 0.5) is 15.8 Å². The largest absolute Gasteiger partial charge is 0.397 e. The number of hydrogen-bond donors (Lipinski definition) is 2. The Morgan fingerprint density at radius 3 is 2.75 bits per heavy atom. The molecule has 0 atom stereocenters. The molecule has 90 valence electrons. The molecule has 16 heavy (non-hydrogen) atoms. The SMILES string of the molecule is CCN(C)CCNc1cc(C)c(F)cc1N. The molecule has 0 radical (unpaired) electrons. The van der Waals surface area contributed by atoms with Crippen molar-refractivity contribution >= 4 is 11.4 Å². The minimum atomic E-state index is -0.256. The van der Waals surface area contributed by atoms with Crippen LogP contribution in [0.5, 0.6) is 0 Å². The van der Waals surface area contributed by atoms with E-state index in [0.29, 0.717) is 11.3 Å². The third-order valence-corrected chi connectivity index (χ3v) is 2.68. The highest BCUT2D eigenvalue weighted by Crippen LogP contribution is 2.22. The molecule has 0 aliphatic rings. The minimum Gasteiger partial charge on any atom is -0.397 e. The molecule has 0 fully saturated rings. The van der Waals surface area contributed by atoms with Crippen molar-refractivity contribution in [1.29, 1.82) is 0 Å². The normalized spacial score (nSPS) is 10.8. The molecule has 0 bridgehead atoms. The van der Waals surface area contributed by atoms with Crippen LogP contribution in [0.1, 0.15) is 12.5 Å². The van der Waals surface area contributed by atoms with Gasteiger partial charge in [0.25, 0.3) is 0 Å². The van der Waals surface area contributed by atoms with Gasteiger partial charge in [-0.05, 0) is 38.2 Å². The Labute approximate surface area is 96.4 Å². The van der Waals surface area contributed by atoms with Crippen LogP contribution < -0.4 is 11.1 Å². The summed E-state index contributed by atoms with van der Waals surface area (Å²) in [4.78, 5) is 2.19. The first-order valence-electron chi connectivity index (χ1n) is 5.52. The predicted molar refractivity (Wildman–Crippen MR) is 67.2 cm³/mol. The van der Waals surface area contributed by atoms with Gasteiger partial charge in [0.15, 0.2) is 0 Å². The van der Waals surface area contributed by atoms with Crippen LogP contribution in [0.3, 0.4) is 0 Å². The quantitative estimate of drug-likeness (QED) is 0.754. The number of hydrogen-bond acceptors (Lipinski definition) is 3. The first-order chi connectivity index (χ1) is 7.54. The molecule has 3 nitrogen and oxygen atoms in total. The number of aryl methyl sites for hydroxylation is 1. The van der Waals surface area contributed by atoms with Crippen molar-refractivity contribution in [3.05, 3.63) is 23.5 Å². The molecular weight excluding hydrogens is 205 g/mol. The summed E-state index contributed by atoms with van der Waals surface area (Å²) in [5.41, 5.74) is 7.60. The Balaban J connectivity index is 2.57. The molecule has 0 amide bonds. The number of benzene rings is 1. The molecule has 4 heteroatoms. The monoisotopic (exact) mass is 225 g/mol. The summed E-state index contributed by atoms with van der Waals surface area (Å²) in [6.07, 6.45) is 0. The van der Waals surface area contributed by atoms with Crippen LogP contribution >= 0.6 is 0 Å². The lowest BCUT2D eigenvalue weighted by Gasteiger charge is -2.16. The van der Waals surface area contributed by atoms with E-state index in [1.165, 1.54) is 6.07 Å². The fraction of sp³-hybridized carbons (Fsp3) is 0.500. The molecule has 0 heterocycles. The lowest BCUT2D eigenvalue weighted by atomic mass is 10.2. The van der Waals surface area contributed by atoms with Crippen LogP contribution in [0.2, 0.25) is 0 Å². The van der Waals surface area contributed by atoms with Crippen LogP contribution in [0.15, 0.2) is 12.1 Å². The van der Waals surface area contributed by atoms with Gasteiger partial charge in [0.05, 0.1) is 11.4 Å². The molecule has 1 rings (SSSR count). The smallest absolute Gasteiger partial charge is 0.128 e. The van der Waals surface area contributed by atoms with Crippen molar-refractivity contribution in [1.82, 2.24) is 4.90 Å². The predicted octanol–water partition coefficient (Wildman–Crippen LogP) is 2.08. The number of nitrogens with two attached hydrogens (primary N) is 1. The summed E-state index contributed by atoms with van der Waals surface area (Å²) in [6, 6.07) is 3.11. The maximum atomic E-state index is 13.1. The molecule has 0 saturated heterocycles. The van der Waals surface area contributed by atoms with E-state index in [2.05, 4.69) is 24.2 Å². The summed E-state index contributed by atoms with van der Waals surface area (Å²) in [5.74, 6) is -0.256. The zero-order valence-corrected chi connectivity index (χ0v) is 10.2. The number of nitrogens with one attached hydrogen (secondary N) is 1. The fourth-order valence-corrected chi connectivity index (χ4v) is 1.39. The highest BCUT2D eigenvalue weighted by molar-refractivity contribution is 5.67. The molecule has 0 aromatic heterocycles. The first-order valence-corrected chi connectivity index (χ1v) is 5.52. The summed E-state index contributed by atoms with van der Waals surface area (Å²) >= 11 is 0. The van der Waals surface area contributed by atoms with Crippen LogP contribution in [-0.2, 0) is 0 Å². The van der Waals surface area contributed by atoms with Gasteiger partial charge in [0, 0.05) is 13.1 Å². The van der Waals surface area contributed by atoms with Gasteiger partial charge in [-0.3, -0.25) is 0 Å². The van der Waals surface area contributed by atoms with Crippen LogP contribution in [0, 0.1) is 12.7 Å². The molecule has 0 unspecified atom stereocenters. The zero-order chi connectivity index (χ0) is 12.1. The van der Waals surface area contributed by atoms with E-state index in [-0.39, 0.29) is 5.82 Å². The Hall–Kier alpha value is -1.29. The molecule has 0 spiro atoms. The van der Waals surface area contributed by atoms with E-state index < -0.39 is 0 Å². The van der Waals surface area contributed by atoms with E-state index in [9.17, 15) is 4.39 Å². The van der Waals surface area contributed by atoms with Crippen molar-refractivity contribution in [2.45, 2.75) is 13.8 Å². The van der Waals surface area contributed by atoms with E-state index in [0.717, 1.165) is 25.3 Å². The molecule has 0 aliphatic carbocycles. The molecule has 0 saturated carbocycles. The number of halogens is 1. The third kappa shape index (κ3) is 3.38. The van der Waals surface area contributed by atoms with E-state index in [4.69, 9.17) is 5.73 Å². The van der Waals surface area contributed by atoms with Gasteiger partial charge < -0.3 is 16.0 Å². The van der Waals surface area contributed by atoms with Gasteiger partial charge in [-0.15, -0.1) is 0 Å². The second-order valence-electron chi connectivity index (χ2n) is 4.01. The summed E-state index contributed by atoms with van der Waals surface area (Å²) < 4.78 is 13.1. The second-order valence-corrected chi connectivity index (χ2v) is 4.01. The second kappa shape index (κ2) is 5.70. The topological polar surface area (TPSA) is 41.3 Å². The maximum Gasteiger partial charge on any atom is 0.128 e. The van der Waals surface area contributed by atoms with Gasteiger partial charge in [0.2, 0.25) is 0 Å². The average Bonchev–Trinajstić information content (AvgIpc) is 2.25. The molecule has 0 aliphatic heterocycles. The Bertz CT molecular complexity index is 352. The number of anilines is 2. The molecule has 1 aromatic carbocycles. The lowest BCUT2D eigenvalue weighted by Crippen LogP contribution is -2.24. The number of nitrogens with zero attached hydrogens (tertiary/aromatic N) is 1. The standard InChI is InChI=1S/C12H20FN3/c1-4-16(3)6-5-15-12-7-9(2)10(13)8-11(12)14/h7-8,15H,4-6,14H2,1-3H3. The molecular formula is C12H20FN3. The fourth-order valence-electron chi connectivity index (χ4n) is 1.39. The molecule has 3 N–H and O–H groups in total. The van der Waals surface area contributed by atoms with Crippen molar-refractivity contribution < 1.29 is 4.39 Å². The Morgan fingerprint density at radius 1 is 1.44 bits per heavy atom. The van der Waals surface area contributed by atoms with Crippen molar-refractivity contribution in [3.63, 3.8) is 0 Å². The number of likely N-dealkylation sites (N-methyl/N-ethyl adjacent to an activating group) is 1. The maximum absolute atomic E-state index is 13.1. The zero-order valence-electron chi connectivity index (χ0n) is 10.2. The summed E-state index contributed by atoms with van der Waals surface area (Å²) in [5, 5.41) is 3.21.